The van der Waals surface area contributed by atoms with Crippen LogP contribution in [-0.4, -0.2) is 22.5 Å². The van der Waals surface area contributed by atoms with Gasteiger partial charge in [0, 0.05) is 22.2 Å². The maximum atomic E-state index is 5.26. The molecule has 56 heavy (non-hydrogen) atoms. The quantitative estimate of drug-likeness (QED) is 0.157. The monoisotopic (exact) mass is 717 g/mol. The summed E-state index contributed by atoms with van der Waals surface area (Å²) in [6.45, 7) is 6.61. The van der Waals surface area contributed by atoms with Crippen molar-refractivity contribution in [2.45, 2.75) is 30.8 Å². The fourth-order valence-electron chi connectivity index (χ4n) is 9.91. The van der Waals surface area contributed by atoms with E-state index in [-0.39, 0.29) is 12.1 Å². The Morgan fingerprint density at radius 2 is 1.57 bits per heavy atom. The Kier molecular flexibility index (Phi) is 7.29. The number of hydrogen-bond donors (Lipinski definition) is 0. The summed E-state index contributed by atoms with van der Waals surface area (Å²) in [5.41, 5.74) is 19.9. The van der Waals surface area contributed by atoms with Gasteiger partial charge in [-0.2, -0.15) is 0 Å². The zero-order valence-corrected chi connectivity index (χ0v) is 31.2. The highest BCUT2D eigenvalue weighted by Gasteiger charge is 2.53. The summed E-state index contributed by atoms with van der Waals surface area (Å²) in [6.07, 6.45) is 23.0. The van der Waals surface area contributed by atoms with Crippen molar-refractivity contribution in [2.75, 3.05) is 4.90 Å². The van der Waals surface area contributed by atoms with Crippen LogP contribution in [0.1, 0.15) is 46.9 Å². The van der Waals surface area contributed by atoms with Gasteiger partial charge >= 0.3 is 0 Å². The summed E-state index contributed by atoms with van der Waals surface area (Å²) in [6, 6.07) is 44.8. The maximum absolute atomic E-state index is 5.26. The summed E-state index contributed by atoms with van der Waals surface area (Å²) in [5, 5.41) is 1.23. The molecule has 3 nitrogen and oxygen atoms in total. The van der Waals surface area contributed by atoms with E-state index in [2.05, 4.69) is 211 Å². The summed E-state index contributed by atoms with van der Waals surface area (Å²) in [7, 11) is 0. The SMILES string of the molecule is C=CC1=C(/C=C\CC)C2(C3=CC=C=Cc4c3n(c3ccccc43)-c3ccc(-c4ccc(C5=NC6C=CC=CC6N5c5ccccc5)cc4)cc32)c2ccccc21. The van der Waals surface area contributed by atoms with Gasteiger partial charge in [0.05, 0.1) is 34.4 Å². The lowest BCUT2D eigenvalue weighted by Gasteiger charge is -2.42. The number of anilines is 1. The molecule has 0 fully saturated rings. The summed E-state index contributed by atoms with van der Waals surface area (Å²) < 4.78 is 2.50. The van der Waals surface area contributed by atoms with Gasteiger partial charge in [-0.15, -0.1) is 5.73 Å². The number of fused-ring (bicyclic) bond motifs is 10. The third kappa shape index (κ3) is 4.44. The number of nitrogens with zero attached hydrogens (tertiary/aromatic N) is 3. The zero-order chi connectivity index (χ0) is 37.4. The lowest BCUT2D eigenvalue weighted by atomic mass is 9.62. The number of rotatable bonds is 6. The van der Waals surface area contributed by atoms with Crippen LogP contribution in [0.2, 0.25) is 0 Å². The Labute approximate surface area is 328 Å². The molecular formula is C53H39N3. The molecule has 0 N–H and O–H groups in total. The van der Waals surface area contributed by atoms with Gasteiger partial charge in [0.1, 0.15) is 5.84 Å². The van der Waals surface area contributed by atoms with Crippen LogP contribution in [0.5, 0.6) is 0 Å². The Bertz CT molecular complexity index is 2900. The number of aliphatic imine (C=N–C) groups is 1. The van der Waals surface area contributed by atoms with E-state index >= 15 is 0 Å². The van der Waals surface area contributed by atoms with E-state index < -0.39 is 5.41 Å². The summed E-state index contributed by atoms with van der Waals surface area (Å²) >= 11 is 0. The molecule has 1 aromatic heterocycles. The molecule has 3 aliphatic carbocycles. The van der Waals surface area contributed by atoms with E-state index in [1.54, 1.807) is 0 Å². The first-order valence-electron chi connectivity index (χ1n) is 19.7. The molecule has 2 aliphatic heterocycles. The highest BCUT2D eigenvalue weighted by Crippen LogP contribution is 2.63. The molecule has 3 unspecified atom stereocenters. The Hall–Kier alpha value is -6.93. The predicted octanol–water partition coefficient (Wildman–Crippen LogP) is 12.2. The molecule has 0 saturated carbocycles. The Morgan fingerprint density at radius 1 is 0.804 bits per heavy atom. The molecule has 0 amide bonds. The average molecular weight is 718 g/mol. The molecular weight excluding hydrogens is 679 g/mol. The van der Waals surface area contributed by atoms with Crippen molar-refractivity contribution in [1.82, 2.24) is 4.57 Å². The van der Waals surface area contributed by atoms with Gasteiger partial charge in [-0.3, -0.25) is 4.99 Å². The normalized spacial score (nSPS) is 21.0. The number of amidine groups is 1. The predicted molar refractivity (Wildman–Crippen MR) is 234 cm³/mol. The third-order valence-electron chi connectivity index (χ3n) is 12.2. The van der Waals surface area contributed by atoms with E-state index in [0.29, 0.717) is 0 Å². The smallest absolute Gasteiger partial charge is 0.136 e. The van der Waals surface area contributed by atoms with Crippen LogP contribution in [-0.2, 0) is 5.41 Å². The first-order chi connectivity index (χ1) is 27.7. The Balaban J connectivity index is 1.13. The molecule has 0 bridgehead atoms. The second-order valence-corrected chi connectivity index (χ2v) is 15.0. The van der Waals surface area contributed by atoms with Crippen LogP contribution in [0.3, 0.4) is 0 Å². The van der Waals surface area contributed by atoms with Crippen molar-refractivity contribution in [3.05, 3.63) is 227 Å². The molecule has 3 heterocycles. The van der Waals surface area contributed by atoms with Crippen molar-refractivity contribution < 1.29 is 0 Å². The van der Waals surface area contributed by atoms with Crippen LogP contribution < -0.4 is 4.90 Å². The second kappa shape index (κ2) is 12.6. The first kappa shape index (κ1) is 32.5. The first-order valence-corrected chi connectivity index (χ1v) is 19.7. The molecule has 11 rings (SSSR count). The van der Waals surface area contributed by atoms with Crippen LogP contribution >= 0.6 is 0 Å². The minimum Gasteiger partial charge on any atom is -0.317 e. The van der Waals surface area contributed by atoms with Crippen molar-refractivity contribution in [2.24, 2.45) is 4.99 Å². The van der Waals surface area contributed by atoms with Crippen molar-refractivity contribution in [3.8, 4) is 16.8 Å². The van der Waals surface area contributed by atoms with E-state index in [1.807, 2.05) is 0 Å². The zero-order valence-electron chi connectivity index (χ0n) is 31.2. The number of allylic oxidation sites excluding steroid dienone is 10. The number of para-hydroxylation sites is 2. The summed E-state index contributed by atoms with van der Waals surface area (Å²) in [5.74, 6) is 1.00. The molecule has 0 saturated heterocycles. The van der Waals surface area contributed by atoms with Gasteiger partial charge < -0.3 is 9.47 Å². The number of aromatic nitrogens is 1. The minimum absolute atomic E-state index is 0.0870. The highest BCUT2D eigenvalue weighted by molar-refractivity contribution is 6.13. The number of benzene rings is 5. The molecule has 1 spiro atoms. The van der Waals surface area contributed by atoms with Gasteiger partial charge in [-0.1, -0.05) is 147 Å². The molecule has 6 aromatic rings. The van der Waals surface area contributed by atoms with E-state index in [0.717, 1.165) is 23.5 Å². The largest absolute Gasteiger partial charge is 0.317 e. The van der Waals surface area contributed by atoms with Crippen LogP contribution in [0.4, 0.5) is 5.69 Å². The van der Waals surface area contributed by atoms with Gasteiger partial charge in [0.25, 0.3) is 0 Å². The third-order valence-corrected chi connectivity index (χ3v) is 12.2. The summed E-state index contributed by atoms with van der Waals surface area (Å²) in [4.78, 5) is 7.64. The van der Waals surface area contributed by atoms with Gasteiger partial charge in [-0.05, 0) is 99.5 Å². The molecule has 5 aliphatic rings. The molecule has 266 valence electrons. The van der Waals surface area contributed by atoms with E-state index in [1.165, 1.54) is 72.4 Å². The Morgan fingerprint density at radius 3 is 2.43 bits per heavy atom. The van der Waals surface area contributed by atoms with Crippen molar-refractivity contribution in [1.29, 1.82) is 0 Å². The average Bonchev–Trinajstić information content (AvgIpc) is 3.83. The highest BCUT2D eigenvalue weighted by atomic mass is 15.3. The maximum Gasteiger partial charge on any atom is 0.136 e. The van der Waals surface area contributed by atoms with Gasteiger partial charge in [0.15, 0.2) is 0 Å². The topological polar surface area (TPSA) is 20.5 Å². The van der Waals surface area contributed by atoms with Crippen LogP contribution in [0.25, 0.3) is 44.9 Å². The fourth-order valence-corrected chi connectivity index (χ4v) is 9.91. The van der Waals surface area contributed by atoms with Crippen molar-refractivity contribution in [3.63, 3.8) is 0 Å². The van der Waals surface area contributed by atoms with Crippen LogP contribution in [0, 0.1) is 0 Å². The molecule has 3 heteroatoms. The van der Waals surface area contributed by atoms with E-state index in [9.17, 15) is 0 Å². The lowest BCUT2D eigenvalue weighted by molar-refractivity contribution is 0.739. The second-order valence-electron chi connectivity index (χ2n) is 15.0. The van der Waals surface area contributed by atoms with E-state index in [4.69, 9.17) is 4.99 Å². The fraction of sp³-hybridized carbons (Fsp3) is 0.0943. The molecule has 3 atom stereocenters. The van der Waals surface area contributed by atoms with Gasteiger partial charge in [0.2, 0.25) is 0 Å². The molecule has 5 aromatic carbocycles. The minimum atomic E-state index is -0.585. The standard InChI is InChI=1S/C53H39N3/c1-3-5-22-43-39(4-2)40-19-9-12-23-44(40)53(43)45-24-13-10-21-42-41-20-11-15-26-48(41)56(51(42)45)49-33-32-37(34-46(49)53)35-28-30-36(31-29-35)52-54-47-25-14-16-27-50(47)55(52)38-17-7-6-8-18-38/h4-9,11-34,47,50H,2-3H2,1H3/b22-5-. The number of hydrogen-bond acceptors (Lipinski definition) is 2. The van der Waals surface area contributed by atoms with Gasteiger partial charge in [-0.25, -0.2) is 0 Å². The lowest BCUT2D eigenvalue weighted by Crippen LogP contribution is -2.39. The van der Waals surface area contributed by atoms with Crippen molar-refractivity contribution >= 4 is 39.6 Å². The van der Waals surface area contributed by atoms with Crippen LogP contribution in [0.15, 0.2) is 199 Å². The molecule has 0 radical (unpaired) electrons.